The first-order chi connectivity index (χ1) is 28.0. The van der Waals surface area contributed by atoms with E-state index in [2.05, 4.69) is 99.3 Å². The highest BCUT2D eigenvalue weighted by Gasteiger charge is 2.38. The van der Waals surface area contributed by atoms with E-state index in [9.17, 15) is 9.90 Å². The van der Waals surface area contributed by atoms with Crippen molar-refractivity contribution in [2.75, 3.05) is 11.6 Å². The molecule has 57 heavy (non-hydrogen) atoms. The van der Waals surface area contributed by atoms with Gasteiger partial charge in [-0.3, -0.25) is 0 Å². The van der Waals surface area contributed by atoms with Gasteiger partial charge in [-0.1, -0.05) is 187 Å². The second-order valence-electron chi connectivity index (χ2n) is 12.8. The number of anilines is 1. The molecule has 1 aromatic heterocycles. The zero-order chi connectivity index (χ0) is 39.3. The number of benzene rings is 6. The maximum atomic E-state index is 12.6. The van der Waals surface area contributed by atoms with E-state index in [1.807, 2.05) is 115 Å². The molecule has 0 spiro atoms. The summed E-state index contributed by atoms with van der Waals surface area (Å²) in [5, 5.41) is 24.7. The van der Waals surface area contributed by atoms with Crippen molar-refractivity contribution in [2.24, 2.45) is 10.3 Å². The summed E-state index contributed by atoms with van der Waals surface area (Å²) in [5.74, 6) is -1.28. The zero-order valence-electron chi connectivity index (χ0n) is 31.0. The second kappa shape index (κ2) is 18.4. The number of carboxylic acid groups (broad SMARTS) is 1. The Labute approximate surface area is 340 Å². The van der Waals surface area contributed by atoms with Crippen LogP contribution in [0.3, 0.4) is 0 Å². The molecule has 1 unspecified atom stereocenters. The van der Waals surface area contributed by atoms with Crippen LogP contribution >= 0.6 is 23.1 Å². The Bertz CT molecular complexity index is 2190. The first-order valence-corrected chi connectivity index (χ1v) is 20.3. The molecule has 7 aromatic rings. The zero-order valence-corrected chi connectivity index (χ0v) is 32.6. The van der Waals surface area contributed by atoms with Crippen molar-refractivity contribution >= 4 is 46.1 Å². The summed E-state index contributed by atoms with van der Waals surface area (Å²) in [7, 11) is 0. The summed E-state index contributed by atoms with van der Waals surface area (Å²) < 4.78 is 0. The lowest BCUT2D eigenvalue weighted by Gasteiger charge is -2.36. The van der Waals surface area contributed by atoms with E-state index in [0.29, 0.717) is 5.13 Å². The average Bonchev–Trinajstić information content (AvgIpc) is 3.74. The molecule has 7 rings (SSSR count). The second-order valence-corrected chi connectivity index (χ2v) is 14.6. The molecule has 0 saturated carbocycles. The number of rotatable bonds is 17. The van der Waals surface area contributed by atoms with Gasteiger partial charge in [0.05, 0.1) is 6.21 Å². The lowest BCUT2D eigenvalue weighted by atomic mass is 9.77. The minimum atomic E-state index is -1.28. The molecule has 0 bridgehead atoms. The molecular formula is C46H40N6O3S2. The maximum absolute atomic E-state index is 12.6. The predicted molar refractivity (Wildman–Crippen MR) is 231 cm³/mol. The first kappa shape index (κ1) is 38.7. The lowest BCUT2D eigenvalue weighted by molar-refractivity contribution is -0.129. The normalized spacial score (nSPS) is 12.5. The van der Waals surface area contributed by atoms with E-state index in [1.165, 1.54) is 29.3 Å². The SMILES string of the molecule is CSC(C=NNNC(c1ccccc1)(c1ccccc1)c1ccccc1)ON=C(C(=O)O)c1csc(NC(c2ccccc2)(c2ccccc2)c2ccccc2)n1. The molecule has 0 aliphatic rings. The Balaban J connectivity index is 1.13. The van der Waals surface area contributed by atoms with Crippen LogP contribution in [0.4, 0.5) is 5.13 Å². The molecule has 284 valence electrons. The Morgan fingerprint density at radius 3 is 1.42 bits per heavy atom. The van der Waals surface area contributed by atoms with E-state index in [0.717, 1.165) is 33.4 Å². The largest absolute Gasteiger partial charge is 0.476 e. The number of thioether (sulfide) groups is 1. The summed E-state index contributed by atoms with van der Waals surface area (Å²) >= 11 is 2.59. The number of nitrogens with zero attached hydrogens (tertiary/aromatic N) is 3. The average molecular weight is 789 g/mol. The number of aromatic nitrogens is 1. The highest BCUT2D eigenvalue weighted by molar-refractivity contribution is 7.99. The van der Waals surface area contributed by atoms with Crippen molar-refractivity contribution in [3.8, 4) is 0 Å². The van der Waals surface area contributed by atoms with Gasteiger partial charge in [0.15, 0.2) is 5.13 Å². The molecule has 9 nitrogen and oxygen atoms in total. The van der Waals surface area contributed by atoms with Crippen molar-refractivity contribution in [2.45, 2.75) is 16.5 Å². The van der Waals surface area contributed by atoms with Crippen LogP contribution in [-0.4, -0.2) is 39.7 Å². The maximum Gasteiger partial charge on any atom is 0.360 e. The minimum absolute atomic E-state index is 0.160. The first-order valence-electron chi connectivity index (χ1n) is 18.2. The van der Waals surface area contributed by atoms with Crippen molar-refractivity contribution in [1.29, 1.82) is 0 Å². The van der Waals surface area contributed by atoms with Crippen LogP contribution in [-0.2, 0) is 20.7 Å². The van der Waals surface area contributed by atoms with Crippen LogP contribution in [0.5, 0.6) is 0 Å². The van der Waals surface area contributed by atoms with Crippen LogP contribution in [0, 0.1) is 0 Å². The van der Waals surface area contributed by atoms with Crippen LogP contribution in [0.2, 0.25) is 0 Å². The van der Waals surface area contributed by atoms with E-state index in [-0.39, 0.29) is 11.4 Å². The van der Waals surface area contributed by atoms with Gasteiger partial charge in [-0.05, 0) is 39.6 Å². The van der Waals surface area contributed by atoms with Gasteiger partial charge in [0.1, 0.15) is 16.8 Å². The van der Waals surface area contributed by atoms with E-state index in [4.69, 9.17) is 9.82 Å². The molecule has 0 aliphatic carbocycles. The van der Waals surface area contributed by atoms with Gasteiger partial charge in [-0.15, -0.1) is 23.1 Å². The highest BCUT2D eigenvalue weighted by atomic mass is 32.2. The van der Waals surface area contributed by atoms with Crippen LogP contribution in [0.25, 0.3) is 0 Å². The number of carboxylic acids is 1. The van der Waals surface area contributed by atoms with Crippen molar-refractivity contribution < 1.29 is 14.7 Å². The molecule has 0 fully saturated rings. The highest BCUT2D eigenvalue weighted by Crippen LogP contribution is 2.41. The molecule has 0 aliphatic heterocycles. The number of hydrogen-bond donors (Lipinski definition) is 4. The molecule has 1 heterocycles. The molecule has 6 aromatic carbocycles. The topological polar surface area (TPSA) is 120 Å². The molecule has 0 amide bonds. The summed E-state index contributed by atoms with van der Waals surface area (Å²) in [6, 6.07) is 60.7. The molecule has 0 radical (unpaired) electrons. The van der Waals surface area contributed by atoms with Crippen LogP contribution < -0.4 is 16.3 Å². The number of hydrazine groups is 1. The molecule has 11 heteroatoms. The van der Waals surface area contributed by atoms with E-state index >= 15 is 0 Å². The number of oxime groups is 1. The Morgan fingerprint density at radius 1 is 0.667 bits per heavy atom. The van der Waals surface area contributed by atoms with Gasteiger partial charge in [-0.2, -0.15) is 5.10 Å². The van der Waals surface area contributed by atoms with Gasteiger partial charge in [-0.25, -0.2) is 20.7 Å². The third-order valence-corrected chi connectivity index (χ3v) is 10.9. The summed E-state index contributed by atoms with van der Waals surface area (Å²) in [6.07, 6.45) is 3.35. The van der Waals surface area contributed by atoms with Gasteiger partial charge in [0.2, 0.25) is 11.1 Å². The Kier molecular flexibility index (Phi) is 12.5. The lowest BCUT2D eigenvalue weighted by Crippen LogP contribution is -2.50. The predicted octanol–water partition coefficient (Wildman–Crippen LogP) is 9.11. The number of hydrazone groups is 1. The van der Waals surface area contributed by atoms with Gasteiger partial charge in [0, 0.05) is 5.38 Å². The molecule has 0 saturated heterocycles. The van der Waals surface area contributed by atoms with Crippen molar-refractivity contribution in [3.63, 3.8) is 0 Å². The quantitative estimate of drug-likeness (QED) is 0.0312. The van der Waals surface area contributed by atoms with Gasteiger partial charge in [0.25, 0.3) is 0 Å². The summed E-state index contributed by atoms with van der Waals surface area (Å²) in [4.78, 5) is 23.1. The molecular weight excluding hydrogens is 749 g/mol. The number of hydrogen-bond acceptors (Lipinski definition) is 10. The van der Waals surface area contributed by atoms with Crippen molar-refractivity contribution in [3.05, 3.63) is 226 Å². The van der Waals surface area contributed by atoms with Gasteiger partial charge < -0.3 is 15.3 Å². The number of thiazole rings is 1. The van der Waals surface area contributed by atoms with Crippen LogP contribution in [0.1, 0.15) is 39.1 Å². The molecule has 4 N–H and O–H groups in total. The summed E-state index contributed by atoms with van der Waals surface area (Å²) in [6.45, 7) is 0. The van der Waals surface area contributed by atoms with E-state index < -0.39 is 22.5 Å². The van der Waals surface area contributed by atoms with Gasteiger partial charge >= 0.3 is 5.97 Å². The van der Waals surface area contributed by atoms with Crippen LogP contribution in [0.15, 0.2) is 198 Å². The third-order valence-electron chi connectivity index (χ3n) is 9.47. The number of carbonyl (C=O) groups is 1. The number of aliphatic carboxylic acids is 1. The smallest absolute Gasteiger partial charge is 0.360 e. The standard InChI is InChI=1S/C46H40N6O3S2/c1-56-41(32-47-52-51-46(37-26-14-5-15-27-37,38-28-16-6-17-29-38)39-30-18-7-19-31-39)55-50-42(43(53)54)40-33-57-44(48-40)49-45(34-20-8-2-9-21-34,35-22-10-3-11-23-35)36-24-12-4-13-25-36/h2-33,41,51-52H,1H3,(H,48,49)(H,53,54). The Morgan fingerprint density at radius 2 is 1.05 bits per heavy atom. The monoisotopic (exact) mass is 788 g/mol. The minimum Gasteiger partial charge on any atom is -0.476 e. The number of nitrogens with one attached hydrogen (secondary N) is 3. The fourth-order valence-corrected chi connectivity index (χ4v) is 7.87. The van der Waals surface area contributed by atoms with E-state index in [1.54, 1.807) is 5.38 Å². The fraction of sp³-hybridized carbons (Fsp3) is 0.0870. The Hall–Kier alpha value is -6.53. The third kappa shape index (κ3) is 8.51. The van der Waals surface area contributed by atoms with Crippen molar-refractivity contribution in [1.82, 2.24) is 15.9 Å². The fourth-order valence-electron chi connectivity index (χ4n) is 6.81. The summed E-state index contributed by atoms with van der Waals surface area (Å²) in [5.41, 5.74) is 9.95. The molecule has 1 atom stereocenters.